The van der Waals surface area contributed by atoms with E-state index in [4.69, 9.17) is 11.5 Å². The van der Waals surface area contributed by atoms with Gasteiger partial charge in [0.1, 0.15) is 0 Å². The summed E-state index contributed by atoms with van der Waals surface area (Å²) in [5.41, 5.74) is 12.2. The highest BCUT2D eigenvalue weighted by Crippen LogP contribution is 2.14. The summed E-state index contributed by atoms with van der Waals surface area (Å²) < 4.78 is 0. The SMILES string of the molecule is CC(C)C[C@H](CN)CC(=O)NCc1cccc(C(N)=O)c1. The molecule has 5 nitrogen and oxygen atoms in total. The fourth-order valence-corrected chi connectivity index (χ4v) is 2.30. The minimum absolute atomic E-state index is 0.0180. The Balaban J connectivity index is 2.49. The number of carbonyl (C=O) groups excluding carboxylic acids is 2. The maximum Gasteiger partial charge on any atom is 0.248 e. The summed E-state index contributed by atoms with van der Waals surface area (Å²) >= 11 is 0. The molecule has 0 heterocycles. The lowest BCUT2D eigenvalue weighted by molar-refractivity contribution is -0.122. The summed E-state index contributed by atoms with van der Waals surface area (Å²) in [6.45, 7) is 5.15. The van der Waals surface area contributed by atoms with Gasteiger partial charge in [0, 0.05) is 18.5 Å². The standard InChI is InChI=1S/C16H25N3O2/c1-11(2)6-13(9-17)8-15(20)19-10-12-4-3-5-14(7-12)16(18)21/h3-5,7,11,13H,6,8-10,17H2,1-2H3,(H2,18,21)(H,19,20)/t13-/m0/s1. The van der Waals surface area contributed by atoms with Crippen LogP contribution >= 0.6 is 0 Å². The highest BCUT2D eigenvalue weighted by atomic mass is 16.1. The molecule has 0 unspecified atom stereocenters. The number of nitrogens with two attached hydrogens (primary N) is 2. The van der Waals surface area contributed by atoms with E-state index in [0.29, 0.717) is 31.0 Å². The third-order valence-electron chi connectivity index (χ3n) is 3.31. The average Bonchev–Trinajstić information content (AvgIpc) is 2.44. The molecule has 0 aliphatic carbocycles. The average molecular weight is 291 g/mol. The Kier molecular flexibility index (Phi) is 6.88. The zero-order valence-electron chi connectivity index (χ0n) is 12.8. The van der Waals surface area contributed by atoms with Gasteiger partial charge >= 0.3 is 0 Å². The summed E-state index contributed by atoms with van der Waals surface area (Å²) in [4.78, 5) is 23.0. The van der Waals surface area contributed by atoms with Crippen LogP contribution in [0.3, 0.4) is 0 Å². The predicted octanol–water partition coefficient (Wildman–Crippen LogP) is 1.41. The Morgan fingerprint density at radius 2 is 2.00 bits per heavy atom. The van der Waals surface area contributed by atoms with E-state index in [0.717, 1.165) is 12.0 Å². The topological polar surface area (TPSA) is 98.2 Å². The van der Waals surface area contributed by atoms with Crippen molar-refractivity contribution in [2.45, 2.75) is 33.2 Å². The van der Waals surface area contributed by atoms with E-state index in [1.807, 2.05) is 6.07 Å². The Morgan fingerprint density at radius 1 is 1.29 bits per heavy atom. The molecule has 116 valence electrons. The van der Waals surface area contributed by atoms with Crippen LogP contribution in [-0.4, -0.2) is 18.4 Å². The van der Waals surface area contributed by atoms with Gasteiger partial charge in [0.25, 0.3) is 0 Å². The molecule has 0 spiro atoms. The van der Waals surface area contributed by atoms with E-state index in [-0.39, 0.29) is 11.8 Å². The lowest BCUT2D eigenvalue weighted by Crippen LogP contribution is -2.28. The largest absolute Gasteiger partial charge is 0.366 e. The molecule has 0 aromatic heterocycles. The van der Waals surface area contributed by atoms with Gasteiger partial charge in [0.15, 0.2) is 0 Å². The normalized spacial score (nSPS) is 12.2. The fraction of sp³-hybridized carbons (Fsp3) is 0.500. The van der Waals surface area contributed by atoms with E-state index in [2.05, 4.69) is 19.2 Å². The van der Waals surface area contributed by atoms with E-state index >= 15 is 0 Å². The molecule has 5 heteroatoms. The Bertz CT molecular complexity index is 486. The zero-order chi connectivity index (χ0) is 15.8. The van der Waals surface area contributed by atoms with E-state index in [1.54, 1.807) is 18.2 Å². The monoisotopic (exact) mass is 291 g/mol. The van der Waals surface area contributed by atoms with Gasteiger partial charge in [-0.3, -0.25) is 9.59 Å². The first-order valence-corrected chi connectivity index (χ1v) is 7.27. The number of hydrogen-bond donors (Lipinski definition) is 3. The highest BCUT2D eigenvalue weighted by molar-refractivity contribution is 5.92. The van der Waals surface area contributed by atoms with Gasteiger partial charge in [-0.15, -0.1) is 0 Å². The smallest absolute Gasteiger partial charge is 0.248 e. The molecule has 0 saturated carbocycles. The van der Waals surface area contributed by atoms with Gasteiger partial charge in [0.2, 0.25) is 11.8 Å². The minimum atomic E-state index is -0.469. The maximum absolute atomic E-state index is 11.9. The van der Waals surface area contributed by atoms with Gasteiger partial charge in [-0.25, -0.2) is 0 Å². The van der Waals surface area contributed by atoms with Crippen molar-refractivity contribution in [1.29, 1.82) is 0 Å². The first-order valence-electron chi connectivity index (χ1n) is 7.27. The molecular formula is C16H25N3O2. The van der Waals surface area contributed by atoms with E-state index < -0.39 is 5.91 Å². The van der Waals surface area contributed by atoms with Gasteiger partial charge in [0.05, 0.1) is 0 Å². The van der Waals surface area contributed by atoms with Crippen LogP contribution in [-0.2, 0) is 11.3 Å². The van der Waals surface area contributed by atoms with E-state index in [1.165, 1.54) is 0 Å². The molecule has 0 aliphatic rings. The van der Waals surface area contributed by atoms with Gasteiger partial charge < -0.3 is 16.8 Å². The second-order valence-corrected chi connectivity index (χ2v) is 5.78. The van der Waals surface area contributed by atoms with Crippen molar-refractivity contribution in [2.24, 2.45) is 23.3 Å². The molecule has 1 aromatic carbocycles. The number of hydrogen-bond acceptors (Lipinski definition) is 3. The first-order chi connectivity index (χ1) is 9.92. The van der Waals surface area contributed by atoms with Crippen molar-refractivity contribution < 1.29 is 9.59 Å². The Hall–Kier alpha value is -1.88. The molecule has 21 heavy (non-hydrogen) atoms. The van der Waals surface area contributed by atoms with Crippen molar-refractivity contribution >= 4 is 11.8 Å². The van der Waals surface area contributed by atoms with Crippen molar-refractivity contribution in [3.8, 4) is 0 Å². The first kappa shape index (κ1) is 17.2. The second-order valence-electron chi connectivity index (χ2n) is 5.78. The van der Waals surface area contributed by atoms with E-state index in [9.17, 15) is 9.59 Å². The molecule has 0 saturated heterocycles. The van der Waals surface area contributed by atoms with Gasteiger partial charge in [-0.1, -0.05) is 26.0 Å². The molecule has 0 aliphatic heterocycles. The lowest BCUT2D eigenvalue weighted by Gasteiger charge is -2.16. The number of rotatable bonds is 8. The summed E-state index contributed by atoms with van der Waals surface area (Å²) in [6, 6.07) is 6.95. The Morgan fingerprint density at radius 3 is 2.57 bits per heavy atom. The van der Waals surface area contributed by atoms with Gasteiger partial charge in [-0.05, 0) is 42.5 Å². The molecule has 1 rings (SSSR count). The van der Waals surface area contributed by atoms with Crippen LogP contribution in [0.4, 0.5) is 0 Å². The summed E-state index contributed by atoms with van der Waals surface area (Å²) in [5.74, 6) is 0.249. The van der Waals surface area contributed by atoms with Crippen LogP contribution in [0.1, 0.15) is 42.6 Å². The molecule has 2 amide bonds. The van der Waals surface area contributed by atoms with Crippen LogP contribution < -0.4 is 16.8 Å². The Labute approximate surface area is 126 Å². The summed E-state index contributed by atoms with van der Waals surface area (Å²) in [7, 11) is 0. The highest BCUT2D eigenvalue weighted by Gasteiger charge is 2.14. The van der Waals surface area contributed by atoms with Crippen LogP contribution in [0.2, 0.25) is 0 Å². The van der Waals surface area contributed by atoms with Crippen LogP contribution in [0.15, 0.2) is 24.3 Å². The molecule has 5 N–H and O–H groups in total. The van der Waals surface area contributed by atoms with Crippen LogP contribution in [0, 0.1) is 11.8 Å². The van der Waals surface area contributed by atoms with Crippen molar-refractivity contribution in [3.05, 3.63) is 35.4 Å². The predicted molar refractivity (Wildman–Crippen MR) is 83.4 cm³/mol. The second kappa shape index (κ2) is 8.42. The number of carbonyl (C=O) groups is 2. The van der Waals surface area contributed by atoms with Crippen molar-refractivity contribution in [2.75, 3.05) is 6.54 Å². The zero-order valence-corrected chi connectivity index (χ0v) is 12.8. The van der Waals surface area contributed by atoms with Crippen LogP contribution in [0.5, 0.6) is 0 Å². The van der Waals surface area contributed by atoms with Gasteiger partial charge in [-0.2, -0.15) is 0 Å². The molecule has 0 bridgehead atoms. The number of primary amides is 1. The van der Waals surface area contributed by atoms with Crippen LogP contribution in [0.25, 0.3) is 0 Å². The number of amides is 2. The van der Waals surface area contributed by atoms with Crippen molar-refractivity contribution in [3.63, 3.8) is 0 Å². The lowest BCUT2D eigenvalue weighted by atomic mass is 9.94. The molecule has 1 atom stereocenters. The third kappa shape index (κ3) is 6.40. The molecular weight excluding hydrogens is 266 g/mol. The number of nitrogens with one attached hydrogen (secondary N) is 1. The molecule has 1 aromatic rings. The van der Waals surface area contributed by atoms with Crippen molar-refractivity contribution in [1.82, 2.24) is 5.32 Å². The molecule has 0 fully saturated rings. The quantitative estimate of drug-likeness (QED) is 0.675. The minimum Gasteiger partial charge on any atom is -0.366 e. The molecule has 0 radical (unpaired) electrons. The maximum atomic E-state index is 11.9. The summed E-state index contributed by atoms with van der Waals surface area (Å²) in [6.07, 6.45) is 1.38. The summed E-state index contributed by atoms with van der Waals surface area (Å²) in [5, 5.41) is 2.86. The fourth-order valence-electron chi connectivity index (χ4n) is 2.30. The number of benzene rings is 1. The third-order valence-corrected chi connectivity index (χ3v) is 3.31.